The highest BCUT2D eigenvalue weighted by molar-refractivity contribution is 7.89. The zero-order valence-electron chi connectivity index (χ0n) is 15.1. The van der Waals surface area contributed by atoms with Crippen molar-refractivity contribution in [3.8, 4) is 0 Å². The predicted octanol–water partition coefficient (Wildman–Crippen LogP) is 3.97. The van der Waals surface area contributed by atoms with Crippen molar-refractivity contribution in [1.82, 2.24) is 4.72 Å². The van der Waals surface area contributed by atoms with Crippen LogP contribution in [0.1, 0.15) is 48.5 Å². The van der Waals surface area contributed by atoms with Crippen LogP contribution in [0.2, 0.25) is 0 Å². The summed E-state index contributed by atoms with van der Waals surface area (Å²) in [7, 11) is -3.49. The summed E-state index contributed by atoms with van der Waals surface area (Å²) in [6.45, 7) is 2.00. The first-order valence-corrected chi connectivity index (χ1v) is 10.5. The predicted molar refractivity (Wildman–Crippen MR) is 103 cm³/mol. The van der Waals surface area contributed by atoms with Crippen molar-refractivity contribution in [1.29, 1.82) is 0 Å². The Morgan fingerprint density at radius 1 is 1.00 bits per heavy atom. The van der Waals surface area contributed by atoms with Crippen LogP contribution in [0.15, 0.2) is 59.5 Å². The quantitative estimate of drug-likeness (QED) is 0.749. The number of Topliss-reactive ketones (excluding diaryl/α,β-unsaturated/α-hetero) is 1. The summed E-state index contributed by atoms with van der Waals surface area (Å²) in [5.41, 5.74) is 1.80. The molecule has 0 aromatic heterocycles. The van der Waals surface area contributed by atoms with E-state index in [1.165, 1.54) is 0 Å². The highest BCUT2D eigenvalue weighted by Gasteiger charge is 2.35. The van der Waals surface area contributed by atoms with Crippen molar-refractivity contribution >= 4 is 15.8 Å². The molecule has 1 fully saturated rings. The fourth-order valence-corrected chi connectivity index (χ4v) is 4.94. The van der Waals surface area contributed by atoms with Gasteiger partial charge in [0.25, 0.3) is 0 Å². The van der Waals surface area contributed by atoms with Crippen molar-refractivity contribution in [2.75, 3.05) is 6.54 Å². The smallest absolute Gasteiger partial charge is 0.240 e. The molecule has 0 saturated heterocycles. The minimum absolute atomic E-state index is 0.0560. The van der Waals surface area contributed by atoms with E-state index in [0.29, 0.717) is 17.0 Å². The maximum Gasteiger partial charge on any atom is 0.240 e. The fraction of sp³-hybridized carbons (Fsp3) is 0.381. The van der Waals surface area contributed by atoms with E-state index in [4.69, 9.17) is 0 Å². The summed E-state index contributed by atoms with van der Waals surface area (Å²) in [6, 6.07) is 16.2. The van der Waals surface area contributed by atoms with E-state index in [2.05, 4.69) is 4.72 Å². The Kier molecular flexibility index (Phi) is 5.58. The number of hydrogen-bond donors (Lipinski definition) is 1. The van der Waals surface area contributed by atoms with Crippen LogP contribution in [0.5, 0.6) is 0 Å². The lowest BCUT2D eigenvalue weighted by molar-refractivity contribution is 0.101. The minimum atomic E-state index is -3.49. The van der Waals surface area contributed by atoms with Gasteiger partial charge in [-0.3, -0.25) is 4.79 Å². The summed E-state index contributed by atoms with van der Waals surface area (Å²) in [5, 5.41) is 0. The maximum absolute atomic E-state index is 12.6. The molecule has 26 heavy (non-hydrogen) atoms. The van der Waals surface area contributed by atoms with E-state index >= 15 is 0 Å². The van der Waals surface area contributed by atoms with Gasteiger partial charge in [0, 0.05) is 12.1 Å². The molecule has 0 unspecified atom stereocenters. The van der Waals surface area contributed by atoms with Crippen molar-refractivity contribution in [3.05, 3.63) is 65.7 Å². The summed E-state index contributed by atoms with van der Waals surface area (Å²) in [6.07, 6.45) is 5.09. The number of benzene rings is 2. The third-order valence-corrected chi connectivity index (χ3v) is 6.71. The fourth-order valence-electron chi connectivity index (χ4n) is 3.76. The number of ketones is 1. The molecule has 0 aliphatic heterocycles. The molecule has 138 valence electrons. The van der Waals surface area contributed by atoms with Crippen LogP contribution in [-0.2, 0) is 16.4 Å². The number of nitrogens with one attached hydrogen (secondary N) is 1. The molecule has 0 amide bonds. The van der Waals surface area contributed by atoms with Gasteiger partial charge in [-0.2, -0.15) is 0 Å². The van der Waals surface area contributed by atoms with Crippen LogP contribution in [-0.4, -0.2) is 20.7 Å². The van der Waals surface area contributed by atoms with Gasteiger partial charge in [0.15, 0.2) is 5.78 Å². The van der Waals surface area contributed by atoms with E-state index in [0.717, 1.165) is 37.7 Å². The summed E-state index contributed by atoms with van der Waals surface area (Å²) in [5.74, 6) is 0.0581. The van der Waals surface area contributed by atoms with Crippen molar-refractivity contribution < 1.29 is 13.2 Å². The number of carbonyl (C=O) groups excluding carboxylic acids is 1. The second-order valence-corrected chi connectivity index (χ2v) is 9.04. The Morgan fingerprint density at radius 2 is 1.62 bits per heavy atom. The number of rotatable bonds is 7. The SMILES string of the molecule is CC(=O)c1ccc(CC2(CNS(=O)(=O)c3ccccc3)CCCC2)cc1. The maximum atomic E-state index is 12.6. The van der Waals surface area contributed by atoms with Gasteiger partial charge in [-0.25, -0.2) is 13.1 Å². The molecule has 4 nitrogen and oxygen atoms in total. The summed E-state index contributed by atoms with van der Waals surface area (Å²) >= 11 is 0. The highest BCUT2D eigenvalue weighted by Crippen LogP contribution is 2.40. The summed E-state index contributed by atoms with van der Waals surface area (Å²) < 4.78 is 27.9. The van der Waals surface area contributed by atoms with Crippen LogP contribution in [0.3, 0.4) is 0 Å². The van der Waals surface area contributed by atoms with Gasteiger partial charge in [0.2, 0.25) is 10.0 Å². The first-order chi connectivity index (χ1) is 12.4. The standard InChI is InChI=1S/C21H25NO3S/c1-17(23)19-11-9-18(10-12-19)15-21(13-5-6-14-21)16-22-26(24,25)20-7-3-2-4-8-20/h2-4,7-12,22H,5-6,13-16H2,1H3. The first kappa shape index (κ1) is 18.8. The Morgan fingerprint density at radius 3 is 2.19 bits per heavy atom. The van der Waals surface area contributed by atoms with Gasteiger partial charge in [0.1, 0.15) is 0 Å². The van der Waals surface area contributed by atoms with Crippen LogP contribution in [0, 0.1) is 5.41 Å². The number of sulfonamides is 1. The lowest BCUT2D eigenvalue weighted by Gasteiger charge is -2.29. The van der Waals surface area contributed by atoms with Crippen molar-refractivity contribution in [2.45, 2.75) is 43.9 Å². The van der Waals surface area contributed by atoms with Gasteiger partial charge in [-0.05, 0) is 49.3 Å². The Bertz CT molecular complexity index is 852. The second kappa shape index (κ2) is 7.72. The van der Waals surface area contributed by atoms with Gasteiger partial charge < -0.3 is 0 Å². The average molecular weight is 372 g/mol. The first-order valence-electron chi connectivity index (χ1n) is 9.05. The lowest BCUT2D eigenvalue weighted by Crippen LogP contribution is -2.37. The minimum Gasteiger partial charge on any atom is -0.295 e. The molecule has 1 aliphatic rings. The van der Waals surface area contributed by atoms with Crippen LogP contribution >= 0.6 is 0 Å². The third kappa shape index (κ3) is 4.40. The van der Waals surface area contributed by atoms with Gasteiger partial charge in [0.05, 0.1) is 4.90 Å². The Labute approximate surface area is 155 Å². The molecular formula is C21H25NO3S. The van der Waals surface area contributed by atoms with Crippen LogP contribution in [0.4, 0.5) is 0 Å². The zero-order valence-corrected chi connectivity index (χ0v) is 15.9. The molecule has 5 heteroatoms. The number of hydrogen-bond acceptors (Lipinski definition) is 3. The molecule has 2 aromatic rings. The average Bonchev–Trinajstić information content (AvgIpc) is 3.10. The third-order valence-electron chi connectivity index (χ3n) is 5.29. The molecule has 0 spiro atoms. The van der Waals surface area contributed by atoms with E-state index in [1.807, 2.05) is 30.3 Å². The van der Waals surface area contributed by atoms with E-state index < -0.39 is 10.0 Å². The van der Waals surface area contributed by atoms with Crippen molar-refractivity contribution in [3.63, 3.8) is 0 Å². The van der Waals surface area contributed by atoms with E-state index in [1.54, 1.807) is 31.2 Å². The molecule has 1 saturated carbocycles. The largest absolute Gasteiger partial charge is 0.295 e. The van der Waals surface area contributed by atoms with Crippen LogP contribution in [0.25, 0.3) is 0 Å². The molecule has 0 radical (unpaired) electrons. The highest BCUT2D eigenvalue weighted by atomic mass is 32.2. The van der Waals surface area contributed by atoms with Gasteiger partial charge in [-0.1, -0.05) is 55.3 Å². The molecule has 0 bridgehead atoms. The molecule has 2 aromatic carbocycles. The summed E-state index contributed by atoms with van der Waals surface area (Å²) in [4.78, 5) is 11.7. The van der Waals surface area contributed by atoms with Gasteiger partial charge >= 0.3 is 0 Å². The monoisotopic (exact) mass is 371 g/mol. The zero-order chi connectivity index (χ0) is 18.6. The second-order valence-electron chi connectivity index (χ2n) is 7.27. The van der Waals surface area contributed by atoms with Crippen LogP contribution < -0.4 is 4.72 Å². The number of carbonyl (C=O) groups is 1. The molecule has 0 heterocycles. The van der Waals surface area contributed by atoms with E-state index in [-0.39, 0.29) is 11.2 Å². The molecular weight excluding hydrogens is 346 g/mol. The molecule has 1 N–H and O–H groups in total. The molecule has 3 rings (SSSR count). The van der Waals surface area contributed by atoms with Gasteiger partial charge in [-0.15, -0.1) is 0 Å². The van der Waals surface area contributed by atoms with E-state index in [9.17, 15) is 13.2 Å². The Hall–Kier alpha value is -1.98. The van der Waals surface area contributed by atoms with Crippen molar-refractivity contribution in [2.24, 2.45) is 5.41 Å². The topological polar surface area (TPSA) is 63.2 Å². The lowest BCUT2D eigenvalue weighted by atomic mass is 9.80. The Balaban J connectivity index is 1.73. The molecule has 0 atom stereocenters. The molecule has 1 aliphatic carbocycles. The normalized spacial score (nSPS) is 16.5.